The summed E-state index contributed by atoms with van der Waals surface area (Å²) in [5, 5.41) is 0.820. The van der Waals surface area contributed by atoms with Crippen molar-refractivity contribution in [2.45, 2.75) is 20.4 Å². The quantitative estimate of drug-likeness (QED) is 0.826. The molecule has 100 valence electrons. The molecule has 1 aliphatic rings. The molecule has 3 heteroatoms. The van der Waals surface area contributed by atoms with E-state index in [1.165, 1.54) is 38.3 Å². The Balaban J connectivity index is 1.78. The Labute approximate surface area is 116 Å². The van der Waals surface area contributed by atoms with Crippen molar-refractivity contribution in [2.75, 3.05) is 32.7 Å². The number of rotatable bonds is 4. The second-order valence-corrected chi connectivity index (χ2v) is 6.03. The summed E-state index contributed by atoms with van der Waals surface area (Å²) in [7, 11) is 0. The molecule has 1 heterocycles. The standard InChI is InChI=1S/C15H23ClN2/c1-13(2)11-17-7-9-18(10-8-17)12-14-3-5-15(16)6-4-14/h3-6,13H,7-12H2,1-2H3. The van der Waals surface area contributed by atoms with Crippen LogP contribution in [0.15, 0.2) is 24.3 Å². The van der Waals surface area contributed by atoms with Gasteiger partial charge in [-0.15, -0.1) is 0 Å². The average Bonchev–Trinajstić information content (AvgIpc) is 2.34. The molecule has 0 aromatic heterocycles. The summed E-state index contributed by atoms with van der Waals surface area (Å²) >= 11 is 5.90. The topological polar surface area (TPSA) is 6.48 Å². The van der Waals surface area contributed by atoms with Crippen molar-refractivity contribution in [3.05, 3.63) is 34.9 Å². The fraction of sp³-hybridized carbons (Fsp3) is 0.600. The van der Waals surface area contributed by atoms with Crippen molar-refractivity contribution in [3.8, 4) is 0 Å². The average molecular weight is 267 g/mol. The number of piperazine rings is 1. The summed E-state index contributed by atoms with van der Waals surface area (Å²) in [6.45, 7) is 11.6. The van der Waals surface area contributed by atoms with Crippen molar-refractivity contribution in [1.82, 2.24) is 9.80 Å². The Kier molecular flexibility index (Phi) is 5.04. The van der Waals surface area contributed by atoms with Gasteiger partial charge in [-0.2, -0.15) is 0 Å². The molecule has 2 rings (SSSR count). The maximum absolute atomic E-state index is 5.90. The highest BCUT2D eigenvalue weighted by Crippen LogP contribution is 2.13. The smallest absolute Gasteiger partial charge is 0.0406 e. The molecular weight excluding hydrogens is 244 g/mol. The van der Waals surface area contributed by atoms with Crippen LogP contribution in [0.2, 0.25) is 5.02 Å². The highest BCUT2D eigenvalue weighted by molar-refractivity contribution is 6.30. The SMILES string of the molecule is CC(C)CN1CCN(Cc2ccc(Cl)cc2)CC1. The normalized spacial score (nSPS) is 18.4. The predicted octanol–water partition coefficient (Wildman–Crippen LogP) is 3.11. The van der Waals surface area contributed by atoms with Gasteiger partial charge >= 0.3 is 0 Å². The first kappa shape index (κ1) is 13.9. The summed E-state index contributed by atoms with van der Waals surface area (Å²) in [5.74, 6) is 0.771. The maximum Gasteiger partial charge on any atom is 0.0406 e. The zero-order chi connectivity index (χ0) is 13.0. The summed E-state index contributed by atoms with van der Waals surface area (Å²) in [4.78, 5) is 5.10. The predicted molar refractivity (Wildman–Crippen MR) is 78.0 cm³/mol. The molecule has 18 heavy (non-hydrogen) atoms. The van der Waals surface area contributed by atoms with Gasteiger partial charge in [-0.05, 0) is 23.6 Å². The van der Waals surface area contributed by atoms with Gasteiger partial charge in [-0.3, -0.25) is 4.90 Å². The molecule has 1 aliphatic heterocycles. The zero-order valence-corrected chi connectivity index (χ0v) is 12.2. The Morgan fingerprint density at radius 2 is 1.56 bits per heavy atom. The van der Waals surface area contributed by atoms with Gasteiger partial charge in [0.2, 0.25) is 0 Å². The van der Waals surface area contributed by atoms with Crippen molar-refractivity contribution >= 4 is 11.6 Å². The van der Waals surface area contributed by atoms with E-state index in [1.807, 2.05) is 12.1 Å². The molecule has 1 aromatic carbocycles. The molecule has 0 saturated carbocycles. The molecule has 0 unspecified atom stereocenters. The van der Waals surface area contributed by atoms with E-state index in [0.29, 0.717) is 0 Å². The van der Waals surface area contributed by atoms with E-state index in [2.05, 4.69) is 35.8 Å². The van der Waals surface area contributed by atoms with Gasteiger partial charge in [0.25, 0.3) is 0 Å². The van der Waals surface area contributed by atoms with Crippen LogP contribution >= 0.6 is 11.6 Å². The lowest BCUT2D eigenvalue weighted by molar-refractivity contribution is 0.117. The van der Waals surface area contributed by atoms with Gasteiger partial charge in [-0.25, -0.2) is 0 Å². The van der Waals surface area contributed by atoms with Crippen molar-refractivity contribution in [1.29, 1.82) is 0 Å². The van der Waals surface area contributed by atoms with Crippen molar-refractivity contribution in [3.63, 3.8) is 0 Å². The first-order chi connectivity index (χ1) is 8.63. The van der Waals surface area contributed by atoms with Crippen LogP contribution in [-0.2, 0) is 6.54 Å². The molecule has 0 atom stereocenters. The van der Waals surface area contributed by atoms with Crippen LogP contribution in [0.4, 0.5) is 0 Å². The number of benzene rings is 1. The van der Waals surface area contributed by atoms with Gasteiger partial charge in [-0.1, -0.05) is 37.6 Å². The maximum atomic E-state index is 5.90. The Bertz CT molecular complexity index is 353. The molecule has 0 N–H and O–H groups in total. The fourth-order valence-corrected chi connectivity index (χ4v) is 2.62. The second-order valence-electron chi connectivity index (χ2n) is 5.60. The Morgan fingerprint density at radius 3 is 2.11 bits per heavy atom. The number of halogens is 1. The first-order valence-corrected chi connectivity index (χ1v) is 7.20. The zero-order valence-electron chi connectivity index (χ0n) is 11.4. The lowest BCUT2D eigenvalue weighted by Crippen LogP contribution is -2.46. The molecule has 2 nitrogen and oxygen atoms in total. The van der Waals surface area contributed by atoms with Gasteiger partial charge in [0.15, 0.2) is 0 Å². The second kappa shape index (κ2) is 6.55. The first-order valence-electron chi connectivity index (χ1n) is 6.82. The summed E-state index contributed by atoms with van der Waals surface area (Å²) in [6, 6.07) is 8.21. The summed E-state index contributed by atoms with van der Waals surface area (Å²) in [5.41, 5.74) is 1.36. The van der Waals surface area contributed by atoms with Crippen molar-refractivity contribution in [2.24, 2.45) is 5.92 Å². The van der Waals surface area contributed by atoms with Crippen LogP contribution in [0.25, 0.3) is 0 Å². The largest absolute Gasteiger partial charge is 0.301 e. The molecule has 0 aliphatic carbocycles. The highest BCUT2D eigenvalue weighted by atomic mass is 35.5. The van der Waals surface area contributed by atoms with Gasteiger partial charge < -0.3 is 4.90 Å². The molecule has 0 amide bonds. The van der Waals surface area contributed by atoms with Crippen LogP contribution in [-0.4, -0.2) is 42.5 Å². The van der Waals surface area contributed by atoms with Crippen LogP contribution < -0.4 is 0 Å². The Hall–Kier alpha value is -0.570. The minimum Gasteiger partial charge on any atom is -0.301 e. The molecule has 1 fully saturated rings. The molecule has 1 saturated heterocycles. The van der Waals surface area contributed by atoms with E-state index >= 15 is 0 Å². The van der Waals surface area contributed by atoms with E-state index in [0.717, 1.165) is 17.5 Å². The van der Waals surface area contributed by atoms with E-state index in [4.69, 9.17) is 11.6 Å². The molecule has 1 aromatic rings. The number of hydrogen-bond donors (Lipinski definition) is 0. The van der Waals surface area contributed by atoms with Crippen LogP contribution in [0.3, 0.4) is 0 Å². The van der Waals surface area contributed by atoms with E-state index in [-0.39, 0.29) is 0 Å². The minimum absolute atomic E-state index is 0.771. The van der Waals surface area contributed by atoms with Crippen molar-refractivity contribution < 1.29 is 0 Å². The lowest BCUT2D eigenvalue weighted by Gasteiger charge is -2.35. The number of nitrogens with zero attached hydrogens (tertiary/aromatic N) is 2. The summed E-state index contributed by atoms with van der Waals surface area (Å²) < 4.78 is 0. The lowest BCUT2D eigenvalue weighted by atomic mass is 10.1. The third kappa shape index (κ3) is 4.27. The van der Waals surface area contributed by atoms with E-state index in [1.54, 1.807) is 0 Å². The van der Waals surface area contributed by atoms with Gasteiger partial charge in [0.1, 0.15) is 0 Å². The fourth-order valence-electron chi connectivity index (χ4n) is 2.49. The molecule has 0 bridgehead atoms. The third-order valence-electron chi connectivity index (χ3n) is 3.41. The monoisotopic (exact) mass is 266 g/mol. The highest BCUT2D eigenvalue weighted by Gasteiger charge is 2.17. The van der Waals surface area contributed by atoms with E-state index in [9.17, 15) is 0 Å². The molecular formula is C15H23ClN2. The van der Waals surface area contributed by atoms with Crippen LogP contribution in [0.1, 0.15) is 19.4 Å². The Morgan fingerprint density at radius 1 is 1.00 bits per heavy atom. The molecule has 0 spiro atoms. The van der Waals surface area contributed by atoms with Gasteiger partial charge in [0.05, 0.1) is 0 Å². The van der Waals surface area contributed by atoms with Crippen LogP contribution in [0, 0.1) is 5.92 Å². The van der Waals surface area contributed by atoms with E-state index < -0.39 is 0 Å². The van der Waals surface area contributed by atoms with Gasteiger partial charge in [0, 0.05) is 44.3 Å². The molecule has 0 radical (unpaired) electrons. The van der Waals surface area contributed by atoms with Crippen LogP contribution in [0.5, 0.6) is 0 Å². The minimum atomic E-state index is 0.771. The number of hydrogen-bond acceptors (Lipinski definition) is 2. The summed E-state index contributed by atoms with van der Waals surface area (Å²) in [6.07, 6.45) is 0. The third-order valence-corrected chi connectivity index (χ3v) is 3.66.